The number of fused-ring (bicyclic) bond motifs is 5. The molecule has 0 saturated carbocycles. The van der Waals surface area contributed by atoms with Gasteiger partial charge in [0.2, 0.25) is 0 Å². The van der Waals surface area contributed by atoms with Gasteiger partial charge in [-0.1, -0.05) is 469 Å². The first-order chi connectivity index (χ1) is 60.2. The highest BCUT2D eigenvalue weighted by Gasteiger charge is 2.06. The van der Waals surface area contributed by atoms with Crippen molar-refractivity contribution in [3.8, 4) is 0 Å². The Balaban J connectivity index is 0.000000280. The molecular formula is C116H136N4S3. The van der Waals surface area contributed by atoms with E-state index in [0.29, 0.717) is 23.7 Å². The number of aryl methyl sites for hydroxylation is 3. The van der Waals surface area contributed by atoms with Gasteiger partial charge < -0.3 is 0 Å². The summed E-state index contributed by atoms with van der Waals surface area (Å²) in [7, 11) is 0. The number of thiazole rings is 2. The number of thioether (sulfide) groups is 1. The normalized spacial score (nSPS) is 9.66. The van der Waals surface area contributed by atoms with Crippen LogP contribution in [0.3, 0.4) is 0 Å². The summed E-state index contributed by atoms with van der Waals surface area (Å²) < 4.78 is 2.52. The number of nitrogens with zero attached hydrogens (tertiary/aromatic N) is 4. The molecule has 0 aliphatic heterocycles. The van der Waals surface area contributed by atoms with E-state index in [2.05, 4.69) is 433 Å². The molecule has 123 heavy (non-hydrogen) atoms. The molecule has 0 bridgehead atoms. The van der Waals surface area contributed by atoms with Crippen LogP contribution in [-0.2, 0) is 19.3 Å². The molecule has 0 N–H and O–H groups in total. The van der Waals surface area contributed by atoms with E-state index in [4.69, 9.17) is 0 Å². The van der Waals surface area contributed by atoms with Gasteiger partial charge in [-0.05, 0) is 174 Å². The Hall–Kier alpha value is -11.7. The van der Waals surface area contributed by atoms with Crippen molar-refractivity contribution in [3.05, 3.63) is 481 Å². The molecule has 0 atom stereocenters. The second-order valence-electron chi connectivity index (χ2n) is 29.1. The average Bonchev–Trinajstić information content (AvgIpc) is 1.77. The van der Waals surface area contributed by atoms with E-state index in [0.717, 1.165) is 30.3 Å². The molecule has 4 nitrogen and oxygen atoms in total. The summed E-state index contributed by atoms with van der Waals surface area (Å²) in [6, 6.07) is 138. The first-order valence-corrected chi connectivity index (χ1v) is 46.8. The highest BCUT2D eigenvalue weighted by atomic mass is 32.2. The molecule has 14 aromatic carbocycles. The van der Waals surface area contributed by atoms with Crippen LogP contribution in [0.1, 0.15) is 185 Å². The largest absolute Gasteiger partial charge is 0.265 e. The predicted octanol–water partition coefficient (Wildman–Crippen LogP) is 35.1. The van der Waals surface area contributed by atoms with Crippen molar-refractivity contribution in [2.75, 3.05) is 12.0 Å². The highest BCUT2D eigenvalue weighted by molar-refractivity contribution is 7.98. The van der Waals surface area contributed by atoms with E-state index < -0.39 is 0 Å². The van der Waals surface area contributed by atoms with Gasteiger partial charge in [0.1, 0.15) is 0 Å². The quantitative estimate of drug-likeness (QED) is 0.144. The fraction of sp³-hybridized carbons (Fsp3) is 0.224. The first-order valence-electron chi connectivity index (χ1n) is 43.6. The third-order valence-corrected chi connectivity index (χ3v) is 20.5. The maximum absolute atomic E-state index is 4.14. The van der Waals surface area contributed by atoms with Crippen molar-refractivity contribution in [1.82, 2.24) is 19.9 Å². The lowest BCUT2D eigenvalue weighted by molar-refractivity contribution is 0.867. The maximum atomic E-state index is 4.14. The Morgan fingerprint density at radius 1 is 0.260 bits per heavy atom. The molecule has 0 spiro atoms. The summed E-state index contributed by atoms with van der Waals surface area (Å²) in [6.45, 7) is 32.6. The van der Waals surface area contributed by atoms with Gasteiger partial charge in [0.05, 0.1) is 31.5 Å². The van der Waals surface area contributed by atoms with E-state index >= 15 is 0 Å². The molecule has 18 aromatic rings. The van der Waals surface area contributed by atoms with Crippen LogP contribution in [0.4, 0.5) is 0 Å². The minimum Gasteiger partial charge on any atom is -0.265 e. The molecule has 0 unspecified atom stereocenters. The SMILES string of the molecule is CC(C)c1ccccc1.CC(C)c1ccccc1.CC(C)c1ccccc1.CC(c1ccccc1)c1ccccc1.CCC.CCC.CCSC.CCc1ccc2ccccc2c1.CCc1cccc2ccccc12.CCc1ccccc1.c1ccc2ccccc2c1.c1ccc2scnc2c1.c1ccc2scnc2c1.c1ccncc1.c1ccncc1. The highest BCUT2D eigenvalue weighted by Crippen LogP contribution is 2.25. The third kappa shape index (κ3) is 45.7. The van der Waals surface area contributed by atoms with Crippen LogP contribution in [0, 0.1) is 0 Å². The van der Waals surface area contributed by atoms with Crippen molar-refractivity contribution in [1.29, 1.82) is 0 Å². The molecule has 0 aliphatic carbocycles. The van der Waals surface area contributed by atoms with Crippen LogP contribution in [-0.4, -0.2) is 31.9 Å². The Morgan fingerprint density at radius 3 is 0.837 bits per heavy atom. The molecular weight excluding hydrogens is 1550 g/mol. The smallest absolute Gasteiger partial charge is 0.0812 e. The standard InChI is InChI=1S/C14H14.2C12H12.C10H8.3C9H12.C8H10.2C7H5NS.2C5H5N.C3H8S.2C3H8/c1-12(13-8-4-2-5-9-13)14-10-6-3-7-11-14;1-2-10-7-5-8-11-6-3-4-9-12(10)11;1-2-10-7-8-11-5-3-4-6-12(11)9-10;1-2-6-10-8-4-3-7-9(10)5-1;3*1-8(2)9-6-4-3-5-7-9;1-2-8-6-4-3-5-7-8;2*1-2-4-7-6(3-1)8-5-9-7;2*1-2-4-6-5-3-1;1-3-4-2;2*1-3-2/h2-12H,1H3;2*3-9H,2H2,1H3;1-8H;3*3-8H,1-2H3;3-7H,2H2,1H3;2*1-5H;2*1-5H;3H2,1-2H3;2*3H2,1-2H3. The lowest BCUT2D eigenvalue weighted by Gasteiger charge is -2.11. The summed E-state index contributed by atoms with van der Waals surface area (Å²) in [4.78, 5) is 15.8. The van der Waals surface area contributed by atoms with Crippen molar-refractivity contribution in [3.63, 3.8) is 0 Å². The number of rotatable bonds is 9. The van der Waals surface area contributed by atoms with Crippen molar-refractivity contribution in [2.24, 2.45) is 0 Å². The number of hydrogen-bond acceptors (Lipinski definition) is 7. The zero-order chi connectivity index (χ0) is 88.8. The number of benzene rings is 14. The van der Waals surface area contributed by atoms with E-state index in [1.807, 2.05) is 120 Å². The minimum absolute atomic E-state index is 0.484. The molecule has 0 aliphatic rings. The number of para-hydroxylation sites is 2. The molecule has 638 valence electrons. The number of hydrogen-bond donors (Lipinski definition) is 0. The topological polar surface area (TPSA) is 51.6 Å². The monoisotopic (exact) mass is 1680 g/mol. The van der Waals surface area contributed by atoms with Crippen LogP contribution in [0.5, 0.6) is 0 Å². The lowest BCUT2D eigenvalue weighted by atomic mass is 9.93. The second-order valence-corrected chi connectivity index (χ2v) is 32.1. The van der Waals surface area contributed by atoms with Crippen LogP contribution < -0.4 is 0 Å². The van der Waals surface area contributed by atoms with E-state index in [1.54, 1.807) is 47.5 Å². The average molecular weight is 1680 g/mol. The van der Waals surface area contributed by atoms with Crippen LogP contribution in [0.15, 0.2) is 436 Å². The zero-order valence-corrected chi connectivity index (χ0v) is 78.6. The van der Waals surface area contributed by atoms with E-state index in [1.165, 1.54) is 105 Å². The van der Waals surface area contributed by atoms with Crippen molar-refractivity contribution < 1.29 is 0 Å². The van der Waals surface area contributed by atoms with Gasteiger partial charge in [-0.3, -0.25) is 9.97 Å². The molecule has 0 fully saturated rings. The summed E-state index contributed by atoms with van der Waals surface area (Å²) in [5.41, 5.74) is 17.2. The van der Waals surface area contributed by atoms with E-state index in [-0.39, 0.29) is 0 Å². The van der Waals surface area contributed by atoms with Crippen molar-refractivity contribution >= 4 is 87.2 Å². The Bertz CT molecular complexity index is 4980. The van der Waals surface area contributed by atoms with Gasteiger partial charge in [-0.25, -0.2) is 9.97 Å². The third-order valence-electron chi connectivity index (χ3n) is 18.3. The minimum atomic E-state index is 0.484. The fourth-order valence-corrected chi connectivity index (χ4v) is 12.7. The fourth-order valence-electron chi connectivity index (χ4n) is 11.3. The molecule has 4 heterocycles. The summed E-state index contributed by atoms with van der Waals surface area (Å²) >= 11 is 5.21. The zero-order valence-electron chi connectivity index (χ0n) is 76.1. The maximum Gasteiger partial charge on any atom is 0.0812 e. The lowest BCUT2D eigenvalue weighted by Crippen LogP contribution is -1.94. The summed E-state index contributed by atoms with van der Waals surface area (Å²) in [6.07, 6.45) is 15.0. The Kier molecular flexibility index (Phi) is 57.2. The number of pyridine rings is 2. The predicted molar refractivity (Wildman–Crippen MR) is 552 cm³/mol. The molecule has 18 rings (SSSR count). The van der Waals surface area contributed by atoms with E-state index in [9.17, 15) is 0 Å². The summed E-state index contributed by atoms with van der Waals surface area (Å²) in [5.74, 6) is 3.70. The molecule has 4 aromatic heterocycles. The summed E-state index contributed by atoms with van der Waals surface area (Å²) in [5, 5.41) is 8.03. The number of aromatic nitrogens is 4. The molecule has 7 heteroatoms. The molecule has 0 radical (unpaired) electrons. The second kappa shape index (κ2) is 67.9. The Labute approximate surface area is 753 Å². The van der Waals surface area contributed by atoms with Crippen LogP contribution in [0.2, 0.25) is 0 Å². The van der Waals surface area contributed by atoms with Gasteiger partial charge in [0, 0.05) is 30.7 Å². The molecule has 0 saturated heterocycles. The van der Waals surface area contributed by atoms with Gasteiger partial charge in [0.25, 0.3) is 0 Å². The Morgan fingerprint density at radius 2 is 0.545 bits per heavy atom. The van der Waals surface area contributed by atoms with Gasteiger partial charge in [0.15, 0.2) is 0 Å². The van der Waals surface area contributed by atoms with Crippen LogP contribution in [0.25, 0.3) is 52.8 Å². The van der Waals surface area contributed by atoms with Gasteiger partial charge in [-0.2, -0.15) is 11.8 Å². The first kappa shape index (κ1) is 104. The van der Waals surface area contributed by atoms with Gasteiger partial charge in [-0.15, -0.1) is 22.7 Å². The van der Waals surface area contributed by atoms with Crippen LogP contribution >= 0.6 is 34.4 Å². The molecule has 0 amide bonds. The van der Waals surface area contributed by atoms with Crippen molar-refractivity contribution in [2.45, 2.75) is 160 Å². The van der Waals surface area contributed by atoms with Gasteiger partial charge >= 0.3 is 0 Å².